The first-order valence-corrected chi connectivity index (χ1v) is 7.56. The van der Waals surface area contributed by atoms with Crippen LogP contribution in [-0.4, -0.2) is 0 Å². The van der Waals surface area contributed by atoms with Crippen LogP contribution < -0.4 is 11.3 Å². The van der Waals surface area contributed by atoms with Gasteiger partial charge in [-0.3, -0.25) is 11.3 Å². The molecule has 1 unspecified atom stereocenters. The molecule has 2 nitrogen and oxygen atoms in total. The van der Waals surface area contributed by atoms with Crippen molar-refractivity contribution < 1.29 is 13.2 Å². The van der Waals surface area contributed by atoms with Crippen molar-refractivity contribution in [2.75, 3.05) is 0 Å². The van der Waals surface area contributed by atoms with Gasteiger partial charge in [0.1, 0.15) is 17.5 Å². The van der Waals surface area contributed by atoms with Gasteiger partial charge in [-0.1, -0.05) is 22.0 Å². The van der Waals surface area contributed by atoms with Gasteiger partial charge in [0.25, 0.3) is 0 Å². The number of hydrogen-bond donors (Lipinski definition) is 2. The molecular weight excluding hydrogens is 413 g/mol. The molecule has 7 heteroatoms. The second kappa shape index (κ2) is 6.91. The Bertz CT molecular complexity index is 665. The van der Waals surface area contributed by atoms with Crippen LogP contribution in [0.5, 0.6) is 0 Å². The maximum Gasteiger partial charge on any atom is 0.143 e. The van der Waals surface area contributed by atoms with Gasteiger partial charge >= 0.3 is 0 Å². The smallest absolute Gasteiger partial charge is 0.143 e. The summed E-state index contributed by atoms with van der Waals surface area (Å²) in [5.74, 6) is 3.49. The summed E-state index contributed by atoms with van der Waals surface area (Å²) in [6.07, 6.45) is -0.119. The van der Waals surface area contributed by atoms with Crippen molar-refractivity contribution in [2.45, 2.75) is 12.5 Å². The van der Waals surface area contributed by atoms with Crippen LogP contribution in [0.4, 0.5) is 13.2 Å². The summed E-state index contributed by atoms with van der Waals surface area (Å²) < 4.78 is 42.4. The molecule has 112 valence electrons. The van der Waals surface area contributed by atoms with Crippen LogP contribution in [0.3, 0.4) is 0 Å². The van der Waals surface area contributed by atoms with Crippen molar-refractivity contribution >= 4 is 31.9 Å². The summed E-state index contributed by atoms with van der Waals surface area (Å²) in [7, 11) is 0. The number of nitrogens with two attached hydrogens (primary N) is 1. The van der Waals surface area contributed by atoms with E-state index >= 15 is 0 Å². The zero-order valence-electron chi connectivity index (χ0n) is 10.6. The molecule has 0 aliphatic carbocycles. The van der Waals surface area contributed by atoms with Gasteiger partial charge in [-0.2, -0.15) is 0 Å². The Morgan fingerprint density at radius 3 is 2.38 bits per heavy atom. The molecule has 3 N–H and O–H groups in total. The molecule has 2 aromatic carbocycles. The summed E-state index contributed by atoms with van der Waals surface area (Å²) in [6.45, 7) is 0. The quantitative estimate of drug-likeness (QED) is 0.435. The minimum Gasteiger partial charge on any atom is -0.271 e. The van der Waals surface area contributed by atoms with Crippen LogP contribution in [0.2, 0.25) is 0 Å². The number of nitrogens with one attached hydrogen (secondary N) is 1. The zero-order chi connectivity index (χ0) is 15.6. The van der Waals surface area contributed by atoms with Gasteiger partial charge in [0, 0.05) is 15.6 Å². The van der Waals surface area contributed by atoms with Gasteiger partial charge < -0.3 is 0 Å². The lowest BCUT2D eigenvalue weighted by atomic mass is 9.98. The van der Waals surface area contributed by atoms with E-state index in [-0.39, 0.29) is 22.0 Å². The van der Waals surface area contributed by atoms with Crippen LogP contribution in [0.25, 0.3) is 0 Å². The molecule has 1 atom stereocenters. The molecule has 0 aliphatic rings. The molecule has 0 amide bonds. The second-order valence-corrected chi connectivity index (χ2v) is 6.18. The Balaban J connectivity index is 2.38. The van der Waals surface area contributed by atoms with E-state index in [1.807, 2.05) is 0 Å². The largest absolute Gasteiger partial charge is 0.271 e. The summed E-state index contributed by atoms with van der Waals surface area (Å²) in [6, 6.07) is 6.09. The third-order valence-electron chi connectivity index (χ3n) is 3.09. The molecule has 0 saturated heterocycles. The van der Waals surface area contributed by atoms with Crippen molar-refractivity contribution in [1.29, 1.82) is 0 Å². The summed E-state index contributed by atoms with van der Waals surface area (Å²) in [5.41, 5.74) is 2.47. The van der Waals surface area contributed by atoms with Crippen molar-refractivity contribution in [2.24, 2.45) is 5.84 Å². The molecule has 0 spiro atoms. The molecule has 0 saturated carbocycles. The minimum atomic E-state index is -0.753. The minimum absolute atomic E-state index is 0.119. The highest BCUT2D eigenvalue weighted by atomic mass is 79.9. The molecular formula is C14H11Br2F3N2. The fourth-order valence-corrected chi connectivity index (χ4v) is 2.71. The second-order valence-electron chi connectivity index (χ2n) is 4.41. The number of hydrazine groups is 1. The summed E-state index contributed by atoms with van der Waals surface area (Å²) in [5, 5.41) is 0. The van der Waals surface area contributed by atoms with E-state index in [1.54, 1.807) is 6.07 Å². The third-order valence-corrected chi connectivity index (χ3v) is 4.19. The van der Waals surface area contributed by atoms with E-state index < -0.39 is 23.5 Å². The van der Waals surface area contributed by atoms with Gasteiger partial charge in [0.2, 0.25) is 0 Å². The summed E-state index contributed by atoms with van der Waals surface area (Å²) in [4.78, 5) is 0. The number of rotatable bonds is 4. The zero-order valence-corrected chi connectivity index (χ0v) is 13.8. The van der Waals surface area contributed by atoms with E-state index in [0.717, 1.165) is 6.07 Å². The molecule has 0 fully saturated rings. The Kier molecular flexibility index (Phi) is 5.43. The standard InChI is InChI=1S/C14H11Br2F3N2/c15-7-1-2-8(12(18)5-7)13(21-20)6-9-11(17)4-3-10(16)14(9)19/h1-5,13,21H,6,20H2. The predicted molar refractivity (Wildman–Crippen MR) is 81.9 cm³/mol. The van der Waals surface area contributed by atoms with Crippen LogP contribution in [-0.2, 0) is 6.42 Å². The van der Waals surface area contributed by atoms with E-state index in [4.69, 9.17) is 5.84 Å². The van der Waals surface area contributed by atoms with Gasteiger partial charge in [0.15, 0.2) is 0 Å². The van der Waals surface area contributed by atoms with E-state index in [9.17, 15) is 13.2 Å². The van der Waals surface area contributed by atoms with Gasteiger partial charge in [-0.05, 0) is 46.6 Å². The van der Waals surface area contributed by atoms with Crippen LogP contribution in [0, 0.1) is 17.5 Å². The SMILES string of the molecule is NNC(Cc1c(F)ccc(Br)c1F)c1ccc(Br)cc1F. The van der Waals surface area contributed by atoms with Crippen molar-refractivity contribution in [3.8, 4) is 0 Å². The first-order chi connectivity index (χ1) is 9.93. The lowest BCUT2D eigenvalue weighted by Gasteiger charge is -2.18. The molecule has 2 rings (SSSR count). The maximum absolute atomic E-state index is 14.0. The highest BCUT2D eigenvalue weighted by molar-refractivity contribution is 9.10. The molecule has 0 aromatic heterocycles. The van der Waals surface area contributed by atoms with Crippen LogP contribution in [0.1, 0.15) is 17.2 Å². The molecule has 21 heavy (non-hydrogen) atoms. The van der Waals surface area contributed by atoms with E-state index in [2.05, 4.69) is 37.3 Å². The lowest BCUT2D eigenvalue weighted by molar-refractivity contribution is 0.479. The summed E-state index contributed by atoms with van der Waals surface area (Å²) >= 11 is 6.15. The topological polar surface area (TPSA) is 38.0 Å². The Morgan fingerprint density at radius 1 is 1.05 bits per heavy atom. The average molecular weight is 424 g/mol. The monoisotopic (exact) mass is 422 g/mol. The fourth-order valence-electron chi connectivity index (χ4n) is 2.00. The fraction of sp³-hybridized carbons (Fsp3) is 0.143. The highest BCUT2D eigenvalue weighted by Gasteiger charge is 2.20. The third kappa shape index (κ3) is 3.66. The van der Waals surface area contributed by atoms with E-state index in [0.29, 0.717) is 4.47 Å². The van der Waals surface area contributed by atoms with Gasteiger partial charge in [-0.25, -0.2) is 13.2 Å². The van der Waals surface area contributed by atoms with Crippen molar-refractivity contribution in [3.63, 3.8) is 0 Å². The van der Waals surface area contributed by atoms with Gasteiger partial charge in [0.05, 0.1) is 10.5 Å². The first kappa shape index (κ1) is 16.5. The van der Waals surface area contributed by atoms with Crippen molar-refractivity contribution in [3.05, 3.63) is 67.9 Å². The first-order valence-electron chi connectivity index (χ1n) is 5.97. The molecule has 0 aliphatic heterocycles. The van der Waals surface area contributed by atoms with E-state index in [1.165, 1.54) is 18.2 Å². The number of hydrogen-bond acceptors (Lipinski definition) is 2. The lowest BCUT2D eigenvalue weighted by Crippen LogP contribution is -2.30. The number of benzene rings is 2. The average Bonchev–Trinajstić information content (AvgIpc) is 2.44. The highest BCUT2D eigenvalue weighted by Crippen LogP contribution is 2.28. The normalized spacial score (nSPS) is 12.5. The molecule has 0 bridgehead atoms. The van der Waals surface area contributed by atoms with Crippen molar-refractivity contribution in [1.82, 2.24) is 5.43 Å². The van der Waals surface area contributed by atoms with Crippen LogP contribution >= 0.6 is 31.9 Å². The Hall–Kier alpha value is -0.890. The molecule has 0 radical (unpaired) electrons. The molecule has 0 heterocycles. The maximum atomic E-state index is 14.0. The Labute approximate surface area is 136 Å². The van der Waals surface area contributed by atoms with Gasteiger partial charge in [-0.15, -0.1) is 0 Å². The van der Waals surface area contributed by atoms with Crippen LogP contribution in [0.15, 0.2) is 39.3 Å². The number of halogens is 5. The Morgan fingerprint density at radius 2 is 1.76 bits per heavy atom. The predicted octanol–water partition coefficient (Wildman–Crippen LogP) is 4.38. The molecule has 2 aromatic rings.